The molecule has 0 amide bonds. The first kappa shape index (κ1) is 15.1. The molecule has 0 heterocycles. The van der Waals surface area contributed by atoms with E-state index in [1.165, 1.54) is 11.1 Å². The van der Waals surface area contributed by atoms with Crippen LogP contribution in [0.15, 0.2) is 48.3 Å². The minimum absolute atomic E-state index is 0.932. The number of allylic oxidation sites excluding steroid dienone is 2. The topological polar surface area (TPSA) is 24.1 Å². The first-order chi connectivity index (χ1) is 8.97. The summed E-state index contributed by atoms with van der Waals surface area (Å²) < 4.78 is 0. The largest absolute Gasteiger partial charge is 0.388 e. The molecule has 19 heavy (non-hydrogen) atoms. The Hall–Kier alpha value is -1.96. The van der Waals surface area contributed by atoms with Crippen LogP contribution in [-0.4, -0.2) is 7.05 Å². The number of benzene rings is 1. The molecule has 1 aromatic rings. The Balaban J connectivity index is 2.95. The van der Waals surface area contributed by atoms with Gasteiger partial charge in [-0.15, -0.1) is 0 Å². The van der Waals surface area contributed by atoms with Gasteiger partial charge in [0.1, 0.15) is 0 Å². The van der Waals surface area contributed by atoms with Crippen LogP contribution in [0.4, 0.5) is 5.69 Å². The first-order valence-electron chi connectivity index (χ1n) is 6.58. The van der Waals surface area contributed by atoms with Crippen LogP contribution < -0.4 is 10.6 Å². The Kier molecular flexibility index (Phi) is 5.43. The maximum absolute atomic E-state index is 3.96. The summed E-state index contributed by atoms with van der Waals surface area (Å²) >= 11 is 0. The van der Waals surface area contributed by atoms with E-state index in [0.717, 1.165) is 29.1 Å². The second-order valence-corrected chi connectivity index (χ2v) is 4.71. The zero-order valence-corrected chi connectivity index (χ0v) is 12.4. The highest BCUT2D eigenvalue weighted by Crippen LogP contribution is 2.20. The summed E-state index contributed by atoms with van der Waals surface area (Å²) in [4.78, 5) is 0. The third-order valence-corrected chi connectivity index (χ3v) is 3.17. The zero-order chi connectivity index (χ0) is 14.4. The van der Waals surface area contributed by atoms with E-state index in [9.17, 15) is 0 Å². The van der Waals surface area contributed by atoms with Crippen LogP contribution >= 0.6 is 0 Å². The van der Waals surface area contributed by atoms with E-state index in [-0.39, 0.29) is 0 Å². The van der Waals surface area contributed by atoms with Crippen molar-refractivity contribution in [2.75, 3.05) is 12.4 Å². The summed E-state index contributed by atoms with van der Waals surface area (Å²) in [5.41, 5.74) is 6.65. The molecule has 0 aliphatic heterocycles. The maximum atomic E-state index is 3.96. The Labute approximate surface area is 116 Å². The number of rotatable bonds is 6. The third-order valence-electron chi connectivity index (χ3n) is 3.17. The second-order valence-electron chi connectivity index (χ2n) is 4.71. The van der Waals surface area contributed by atoms with Crippen LogP contribution in [0.2, 0.25) is 0 Å². The SMILES string of the molecule is C=C(CC)Nc1ccc(/C=C(\C)C(=C)NC)c(C)c1. The molecule has 0 bridgehead atoms. The minimum Gasteiger partial charge on any atom is -0.388 e. The molecule has 0 aromatic heterocycles. The van der Waals surface area contributed by atoms with Gasteiger partial charge in [-0.3, -0.25) is 0 Å². The van der Waals surface area contributed by atoms with Crippen molar-refractivity contribution >= 4 is 11.8 Å². The molecule has 0 atom stereocenters. The maximum Gasteiger partial charge on any atom is 0.0384 e. The second kappa shape index (κ2) is 6.83. The summed E-state index contributed by atoms with van der Waals surface area (Å²) in [6, 6.07) is 6.34. The van der Waals surface area contributed by atoms with Crippen molar-refractivity contribution < 1.29 is 0 Å². The third kappa shape index (κ3) is 4.32. The number of likely N-dealkylation sites (N-methyl/N-ethyl adjacent to an activating group) is 1. The van der Waals surface area contributed by atoms with E-state index in [0.29, 0.717) is 0 Å². The van der Waals surface area contributed by atoms with Crippen molar-refractivity contribution in [1.82, 2.24) is 5.32 Å². The molecule has 2 N–H and O–H groups in total. The van der Waals surface area contributed by atoms with Crippen molar-refractivity contribution in [3.63, 3.8) is 0 Å². The molecular formula is C17H24N2. The molecule has 1 aromatic carbocycles. The lowest BCUT2D eigenvalue weighted by molar-refractivity contribution is 1.01. The van der Waals surface area contributed by atoms with E-state index in [1.807, 2.05) is 7.05 Å². The van der Waals surface area contributed by atoms with E-state index < -0.39 is 0 Å². The van der Waals surface area contributed by atoms with E-state index >= 15 is 0 Å². The van der Waals surface area contributed by atoms with Crippen molar-refractivity contribution in [2.24, 2.45) is 0 Å². The van der Waals surface area contributed by atoms with Gasteiger partial charge in [-0.25, -0.2) is 0 Å². The molecule has 0 saturated carbocycles. The zero-order valence-electron chi connectivity index (χ0n) is 12.4. The molecule has 0 unspecified atom stereocenters. The fourth-order valence-electron chi connectivity index (χ4n) is 1.73. The Morgan fingerprint density at radius 3 is 2.53 bits per heavy atom. The van der Waals surface area contributed by atoms with Gasteiger partial charge in [-0.2, -0.15) is 0 Å². The first-order valence-corrected chi connectivity index (χ1v) is 6.58. The number of hydrogen-bond acceptors (Lipinski definition) is 2. The lowest BCUT2D eigenvalue weighted by atomic mass is 10.0. The molecule has 102 valence electrons. The average molecular weight is 256 g/mol. The lowest BCUT2D eigenvalue weighted by Gasteiger charge is -2.11. The highest BCUT2D eigenvalue weighted by molar-refractivity contribution is 5.64. The molecule has 0 fully saturated rings. The monoisotopic (exact) mass is 256 g/mol. The molecule has 1 rings (SSSR count). The van der Waals surface area contributed by atoms with Gasteiger partial charge in [0.15, 0.2) is 0 Å². The van der Waals surface area contributed by atoms with Crippen LogP contribution in [0.1, 0.15) is 31.4 Å². The summed E-state index contributed by atoms with van der Waals surface area (Å²) in [6.07, 6.45) is 3.08. The highest BCUT2D eigenvalue weighted by atomic mass is 14.9. The van der Waals surface area contributed by atoms with Crippen molar-refractivity contribution in [3.05, 3.63) is 59.5 Å². The summed E-state index contributed by atoms with van der Waals surface area (Å²) in [5, 5.41) is 6.36. The quantitative estimate of drug-likeness (QED) is 0.734. The smallest absolute Gasteiger partial charge is 0.0384 e. The predicted octanol–water partition coefficient (Wildman–Crippen LogP) is 4.47. The fourth-order valence-corrected chi connectivity index (χ4v) is 1.73. The Morgan fingerprint density at radius 2 is 2.00 bits per heavy atom. The summed E-state index contributed by atoms with van der Waals surface area (Å²) in [5.74, 6) is 0. The molecule has 0 aliphatic carbocycles. The molecule has 0 aliphatic rings. The van der Waals surface area contributed by atoms with Gasteiger partial charge in [-0.1, -0.05) is 26.1 Å². The fraction of sp³-hybridized carbons (Fsp3) is 0.294. The summed E-state index contributed by atoms with van der Waals surface area (Å²) in [7, 11) is 1.88. The van der Waals surface area contributed by atoms with Gasteiger partial charge in [0, 0.05) is 24.1 Å². The van der Waals surface area contributed by atoms with Crippen LogP contribution in [0.5, 0.6) is 0 Å². The predicted molar refractivity (Wildman–Crippen MR) is 86.1 cm³/mol. The van der Waals surface area contributed by atoms with Crippen LogP contribution in [0, 0.1) is 6.92 Å². The normalized spacial score (nSPS) is 11.1. The lowest BCUT2D eigenvalue weighted by Crippen LogP contribution is -2.04. The van der Waals surface area contributed by atoms with Crippen molar-refractivity contribution in [2.45, 2.75) is 27.2 Å². The van der Waals surface area contributed by atoms with Gasteiger partial charge in [-0.05, 0) is 55.2 Å². The summed E-state index contributed by atoms with van der Waals surface area (Å²) in [6.45, 7) is 14.2. The van der Waals surface area contributed by atoms with E-state index in [2.05, 4.69) is 68.8 Å². The van der Waals surface area contributed by atoms with Gasteiger partial charge in [0.2, 0.25) is 0 Å². The van der Waals surface area contributed by atoms with Gasteiger partial charge < -0.3 is 10.6 Å². The van der Waals surface area contributed by atoms with Crippen molar-refractivity contribution in [3.8, 4) is 0 Å². The van der Waals surface area contributed by atoms with Gasteiger partial charge in [0.05, 0.1) is 0 Å². The number of hydrogen-bond donors (Lipinski definition) is 2. The Bertz CT molecular complexity index is 510. The average Bonchev–Trinajstić information content (AvgIpc) is 2.40. The molecule has 2 nitrogen and oxygen atoms in total. The highest BCUT2D eigenvalue weighted by Gasteiger charge is 2.01. The number of aryl methyl sites for hydroxylation is 1. The minimum atomic E-state index is 0.932. The van der Waals surface area contributed by atoms with E-state index in [1.54, 1.807) is 0 Å². The molecular weight excluding hydrogens is 232 g/mol. The van der Waals surface area contributed by atoms with Crippen LogP contribution in [-0.2, 0) is 0 Å². The van der Waals surface area contributed by atoms with Gasteiger partial charge >= 0.3 is 0 Å². The van der Waals surface area contributed by atoms with E-state index in [4.69, 9.17) is 0 Å². The molecule has 2 heteroatoms. The molecule has 0 radical (unpaired) electrons. The number of anilines is 1. The van der Waals surface area contributed by atoms with Gasteiger partial charge in [0.25, 0.3) is 0 Å². The standard InChI is InChI=1S/C17H24N2/c1-7-14(4)19-17-9-8-16(13(3)11-17)10-12(2)15(5)18-6/h8-11,18-19H,4-5,7H2,1-3,6H3/b12-10+. The Morgan fingerprint density at radius 1 is 1.32 bits per heavy atom. The molecule has 0 spiro atoms. The van der Waals surface area contributed by atoms with Crippen molar-refractivity contribution in [1.29, 1.82) is 0 Å². The van der Waals surface area contributed by atoms with Crippen LogP contribution in [0.25, 0.3) is 6.08 Å². The number of nitrogens with one attached hydrogen (secondary N) is 2. The molecule has 0 saturated heterocycles. The van der Waals surface area contributed by atoms with Crippen LogP contribution in [0.3, 0.4) is 0 Å².